The molecule has 7 nitrogen and oxygen atoms in total. The van der Waals surface area contributed by atoms with Crippen LogP contribution in [0.15, 0.2) is 5.11 Å². The monoisotopic (exact) mass is 258 g/mol. The zero-order valence-corrected chi connectivity index (χ0v) is 11.3. The van der Waals surface area contributed by atoms with Gasteiger partial charge in [-0.05, 0) is 25.4 Å². The second-order valence-electron chi connectivity index (χ2n) is 3.92. The summed E-state index contributed by atoms with van der Waals surface area (Å²) in [5.74, 6) is -0.251. The minimum absolute atomic E-state index is 0.0218. The minimum Gasteiger partial charge on any atom is -0.465 e. The van der Waals surface area contributed by atoms with Crippen molar-refractivity contribution in [2.75, 3.05) is 33.4 Å². The molecule has 0 aliphatic rings. The maximum Gasteiger partial charge on any atom is 0.323 e. The fourth-order valence-electron chi connectivity index (χ4n) is 1.56. The molecule has 0 radical (unpaired) electrons. The van der Waals surface area contributed by atoms with E-state index in [0.717, 1.165) is 0 Å². The molecule has 2 atom stereocenters. The standard InChI is InChI=1S/C11H22N4O3/c1-4-18-11(16)10(9(2)8-17-3)13-6-5-7-14-15-12/h9-10,13H,4-8H2,1-3H3. The van der Waals surface area contributed by atoms with Crippen molar-refractivity contribution in [2.45, 2.75) is 26.3 Å². The van der Waals surface area contributed by atoms with Crippen molar-refractivity contribution >= 4 is 5.97 Å². The zero-order valence-electron chi connectivity index (χ0n) is 11.3. The van der Waals surface area contributed by atoms with Gasteiger partial charge in [0.1, 0.15) is 6.04 Å². The molecule has 0 fully saturated rings. The molecule has 0 bridgehead atoms. The molecule has 0 heterocycles. The number of hydrogen-bond acceptors (Lipinski definition) is 5. The first-order valence-electron chi connectivity index (χ1n) is 6.07. The van der Waals surface area contributed by atoms with E-state index in [9.17, 15) is 4.79 Å². The predicted octanol–water partition coefficient (Wildman–Crippen LogP) is 1.49. The Morgan fingerprint density at radius 1 is 1.56 bits per heavy atom. The van der Waals surface area contributed by atoms with Crippen LogP contribution in [0.2, 0.25) is 0 Å². The Kier molecular flexibility index (Phi) is 10.0. The number of carbonyl (C=O) groups excluding carboxylic acids is 1. The number of esters is 1. The second kappa shape index (κ2) is 10.8. The van der Waals surface area contributed by atoms with Gasteiger partial charge in [-0.1, -0.05) is 12.0 Å². The van der Waals surface area contributed by atoms with Gasteiger partial charge in [0.15, 0.2) is 0 Å². The lowest BCUT2D eigenvalue weighted by molar-refractivity contribution is -0.147. The van der Waals surface area contributed by atoms with Gasteiger partial charge < -0.3 is 14.8 Å². The summed E-state index contributed by atoms with van der Waals surface area (Å²) in [6.45, 7) is 5.54. The number of azide groups is 1. The average Bonchev–Trinajstić information content (AvgIpc) is 2.34. The number of ether oxygens (including phenoxy) is 2. The Morgan fingerprint density at radius 2 is 2.28 bits per heavy atom. The smallest absolute Gasteiger partial charge is 0.323 e. The molecule has 1 N–H and O–H groups in total. The highest BCUT2D eigenvalue weighted by Crippen LogP contribution is 2.06. The molecule has 18 heavy (non-hydrogen) atoms. The summed E-state index contributed by atoms with van der Waals surface area (Å²) in [4.78, 5) is 14.4. The fraction of sp³-hybridized carbons (Fsp3) is 0.909. The first kappa shape index (κ1) is 16.7. The van der Waals surface area contributed by atoms with Gasteiger partial charge in [-0.15, -0.1) is 0 Å². The van der Waals surface area contributed by atoms with Crippen molar-refractivity contribution in [1.29, 1.82) is 0 Å². The lowest BCUT2D eigenvalue weighted by Gasteiger charge is -2.22. The Balaban J connectivity index is 4.19. The molecule has 2 unspecified atom stereocenters. The van der Waals surface area contributed by atoms with Crippen molar-refractivity contribution in [1.82, 2.24) is 5.32 Å². The molecule has 0 amide bonds. The molecule has 0 aliphatic heterocycles. The molecule has 0 rings (SSSR count). The third-order valence-corrected chi connectivity index (χ3v) is 2.40. The number of methoxy groups -OCH3 is 1. The van der Waals surface area contributed by atoms with Crippen LogP contribution in [0.3, 0.4) is 0 Å². The molecule has 0 aromatic rings. The summed E-state index contributed by atoms with van der Waals surface area (Å²) in [6, 6.07) is -0.393. The summed E-state index contributed by atoms with van der Waals surface area (Å²) in [5.41, 5.74) is 8.14. The van der Waals surface area contributed by atoms with E-state index in [1.54, 1.807) is 14.0 Å². The van der Waals surface area contributed by atoms with E-state index in [1.165, 1.54) is 0 Å². The van der Waals surface area contributed by atoms with Gasteiger partial charge in [-0.2, -0.15) is 0 Å². The van der Waals surface area contributed by atoms with E-state index in [0.29, 0.717) is 32.7 Å². The SMILES string of the molecule is CCOC(=O)C(NCCCN=[N+]=[N-])C(C)COC. The molecular formula is C11H22N4O3. The minimum atomic E-state index is -0.393. The van der Waals surface area contributed by atoms with Crippen LogP contribution in [0.4, 0.5) is 0 Å². The van der Waals surface area contributed by atoms with Gasteiger partial charge in [0.05, 0.1) is 13.2 Å². The number of rotatable bonds is 10. The Labute approximate surface area is 107 Å². The predicted molar refractivity (Wildman–Crippen MR) is 68.1 cm³/mol. The van der Waals surface area contributed by atoms with Crippen LogP contribution in [-0.2, 0) is 14.3 Å². The molecule has 104 valence electrons. The van der Waals surface area contributed by atoms with Crippen LogP contribution < -0.4 is 5.32 Å². The highest BCUT2D eigenvalue weighted by Gasteiger charge is 2.25. The van der Waals surface area contributed by atoms with Gasteiger partial charge >= 0.3 is 5.97 Å². The van der Waals surface area contributed by atoms with Crippen LogP contribution in [0.5, 0.6) is 0 Å². The van der Waals surface area contributed by atoms with Crippen molar-refractivity contribution in [3.05, 3.63) is 10.4 Å². The highest BCUT2D eigenvalue weighted by atomic mass is 16.5. The van der Waals surface area contributed by atoms with E-state index < -0.39 is 6.04 Å². The van der Waals surface area contributed by atoms with Crippen LogP contribution in [0, 0.1) is 5.92 Å². The molecule has 0 saturated carbocycles. The Bertz CT molecular complexity index is 279. The zero-order chi connectivity index (χ0) is 13.8. The van der Waals surface area contributed by atoms with Crippen LogP contribution in [0.1, 0.15) is 20.3 Å². The summed E-state index contributed by atoms with van der Waals surface area (Å²) in [5, 5.41) is 6.54. The van der Waals surface area contributed by atoms with E-state index in [-0.39, 0.29) is 11.9 Å². The Hall–Kier alpha value is -1.30. The lowest BCUT2D eigenvalue weighted by Crippen LogP contribution is -2.45. The summed E-state index contributed by atoms with van der Waals surface area (Å²) in [6.07, 6.45) is 0.680. The maximum atomic E-state index is 11.8. The van der Waals surface area contributed by atoms with Crippen molar-refractivity contribution in [3.63, 3.8) is 0 Å². The van der Waals surface area contributed by atoms with E-state index >= 15 is 0 Å². The quantitative estimate of drug-likeness (QED) is 0.211. The Morgan fingerprint density at radius 3 is 2.83 bits per heavy atom. The average molecular weight is 258 g/mol. The van der Waals surface area contributed by atoms with E-state index in [2.05, 4.69) is 15.3 Å². The third-order valence-electron chi connectivity index (χ3n) is 2.40. The maximum absolute atomic E-state index is 11.8. The fourth-order valence-corrected chi connectivity index (χ4v) is 1.56. The van der Waals surface area contributed by atoms with Gasteiger partial charge in [-0.3, -0.25) is 4.79 Å². The molecular weight excluding hydrogens is 236 g/mol. The largest absolute Gasteiger partial charge is 0.465 e. The highest BCUT2D eigenvalue weighted by molar-refractivity contribution is 5.76. The van der Waals surface area contributed by atoms with Crippen molar-refractivity contribution in [3.8, 4) is 0 Å². The number of hydrogen-bond donors (Lipinski definition) is 1. The second-order valence-corrected chi connectivity index (χ2v) is 3.92. The molecule has 7 heteroatoms. The molecule has 0 saturated heterocycles. The van der Waals surface area contributed by atoms with Gasteiger partial charge in [0.25, 0.3) is 0 Å². The first-order chi connectivity index (χ1) is 8.67. The van der Waals surface area contributed by atoms with Gasteiger partial charge in [0.2, 0.25) is 0 Å². The number of nitrogens with zero attached hydrogens (tertiary/aromatic N) is 3. The van der Waals surface area contributed by atoms with Crippen LogP contribution >= 0.6 is 0 Å². The van der Waals surface area contributed by atoms with Crippen LogP contribution in [0.25, 0.3) is 10.4 Å². The number of carbonyl (C=O) groups is 1. The molecule has 0 aromatic carbocycles. The van der Waals surface area contributed by atoms with Gasteiger partial charge in [-0.25, -0.2) is 0 Å². The van der Waals surface area contributed by atoms with Crippen molar-refractivity contribution < 1.29 is 14.3 Å². The van der Waals surface area contributed by atoms with Crippen molar-refractivity contribution in [2.24, 2.45) is 11.0 Å². The van der Waals surface area contributed by atoms with Gasteiger partial charge in [0, 0.05) is 24.5 Å². The topological polar surface area (TPSA) is 96.3 Å². The van der Waals surface area contributed by atoms with E-state index in [4.69, 9.17) is 15.0 Å². The van der Waals surface area contributed by atoms with E-state index in [1.807, 2.05) is 6.92 Å². The lowest BCUT2D eigenvalue weighted by atomic mass is 10.0. The summed E-state index contributed by atoms with van der Waals surface area (Å²) >= 11 is 0. The number of nitrogens with one attached hydrogen (secondary N) is 1. The summed E-state index contributed by atoms with van der Waals surface area (Å²) < 4.78 is 10.1. The first-order valence-corrected chi connectivity index (χ1v) is 6.07. The van der Waals surface area contributed by atoms with Crippen LogP contribution in [-0.4, -0.2) is 45.4 Å². The normalized spacial score (nSPS) is 13.5. The third kappa shape index (κ3) is 7.11. The summed E-state index contributed by atoms with van der Waals surface area (Å²) in [7, 11) is 1.60. The molecule has 0 aromatic heterocycles. The molecule has 0 spiro atoms. The molecule has 0 aliphatic carbocycles.